The van der Waals surface area contributed by atoms with Crippen molar-refractivity contribution in [1.82, 2.24) is 4.37 Å². The minimum absolute atomic E-state index is 0.127. The molecule has 0 radical (unpaired) electrons. The fourth-order valence-electron chi connectivity index (χ4n) is 1.37. The largest absolute Gasteiger partial charge is 0.382 e. The van der Waals surface area contributed by atoms with Gasteiger partial charge in [-0.25, -0.2) is 8.78 Å². The molecule has 0 fully saturated rings. The van der Waals surface area contributed by atoms with E-state index in [0.717, 1.165) is 17.6 Å². The molecule has 1 aromatic heterocycles. The molecule has 18 heavy (non-hydrogen) atoms. The molecule has 0 spiro atoms. The predicted molar refractivity (Wildman–Crippen MR) is 64.9 cm³/mol. The first-order chi connectivity index (χ1) is 8.61. The third-order valence-corrected chi connectivity index (χ3v) is 3.10. The Hall–Kier alpha value is -2.20. The fourth-order valence-corrected chi connectivity index (χ4v) is 2.03. The van der Waals surface area contributed by atoms with Crippen LogP contribution in [0.4, 0.5) is 19.6 Å². The van der Waals surface area contributed by atoms with Crippen LogP contribution in [0.2, 0.25) is 0 Å². The molecule has 4 nitrogen and oxygen atoms in total. The Morgan fingerprint density at radius 3 is 2.89 bits per heavy atom. The highest BCUT2D eigenvalue weighted by molar-refractivity contribution is 7.10. The van der Waals surface area contributed by atoms with Gasteiger partial charge in [-0.2, -0.15) is 9.64 Å². The minimum atomic E-state index is -0.640. The van der Waals surface area contributed by atoms with E-state index in [1.54, 1.807) is 0 Å². The molecule has 2 rings (SSSR count). The molecule has 0 bridgehead atoms. The van der Waals surface area contributed by atoms with Crippen LogP contribution in [0.25, 0.3) is 0 Å². The Bertz CT molecular complexity index is 618. The minimum Gasteiger partial charge on any atom is -0.382 e. The Kier molecular flexibility index (Phi) is 3.39. The van der Waals surface area contributed by atoms with Gasteiger partial charge in [-0.3, -0.25) is 0 Å². The van der Waals surface area contributed by atoms with Gasteiger partial charge in [0.2, 0.25) is 0 Å². The van der Waals surface area contributed by atoms with Gasteiger partial charge in [0, 0.05) is 18.2 Å². The lowest BCUT2D eigenvalue weighted by Gasteiger charge is -2.05. The number of hydrogen-bond donors (Lipinski definition) is 2. The summed E-state index contributed by atoms with van der Waals surface area (Å²) < 4.78 is 29.9. The Morgan fingerprint density at radius 1 is 1.44 bits per heavy atom. The molecule has 0 aliphatic rings. The van der Waals surface area contributed by atoms with Crippen molar-refractivity contribution in [3.8, 4) is 6.07 Å². The molecule has 2 aromatic rings. The van der Waals surface area contributed by atoms with Gasteiger partial charge in [-0.15, -0.1) is 0 Å². The summed E-state index contributed by atoms with van der Waals surface area (Å²) in [5.74, 6) is -1.13. The molecule has 0 unspecified atom stereocenters. The topological polar surface area (TPSA) is 74.7 Å². The van der Waals surface area contributed by atoms with Crippen LogP contribution in [0.3, 0.4) is 0 Å². The Balaban J connectivity index is 2.14. The SMILES string of the molecule is N#Cc1c(N)nsc1NCc1ccc(F)cc1F. The van der Waals surface area contributed by atoms with Gasteiger partial charge < -0.3 is 11.1 Å². The Labute approximate surface area is 106 Å². The van der Waals surface area contributed by atoms with Crippen LogP contribution in [0.15, 0.2) is 18.2 Å². The number of nitrogens with zero attached hydrogens (tertiary/aromatic N) is 2. The van der Waals surface area contributed by atoms with Crippen molar-refractivity contribution in [2.24, 2.45) is 0 Å². The molecule has 1 heterocycles. The average molecular weight is 266 g/mol. The van der Waals surface area contributed by atoms with Crippen molar-refractivity contribution >= 4 is 22.4 Å². The van der Waals surface area contributed by atoms with Crippen LogP contribution < -0.4 is 11.1 Å². The van der Waals surface area contributed by atoms with Gasteiger partial charge in [-0.05, 0) is 17.6 Å². The zero-order chi connectivity index (χ0) is 13.1. The standard InChI is InChI=1S/C11H8F2N4S/c12-7-2-1-6(9(13)3-7)5-16-11-8(4-14)10(15)17-18-11/h1-3,16H,5H2,(H2,15,17). The molecule has 0 amide bonds. The van der Waals surface area contributed by atoms with E-state index < -0.39 is 11.6 Å². The van der Waals surface area contributed by atoms with E-state index in [-0.39, 0.29) is 17.9 Å². The number of nitrogens with two attached hydrogens (primary N) is 1. The lowest BCUT2D eigenvalue weighted by atomic mass is 10.2. The first-order valence-electron chi connectivity index (χ1n) is 4.95. The van der Waals surface area contributed by atoms with E-state index in [1.807, 2.05) is 6.07 Å². The average Bonchev–Trinajstić information content (AvgIpc) is 2.69. The zero-order valence-electron chi connectivity index (χ0n) is 9.08. The van der Waals surface area contributed by atoms with Crippen LogP contribution in [0.1, 0.15) is 11.1 Å². The van der Waals surface area contributed by atoms with Crippen LogP contribution in [0.5, 0.6) is 0 Å². The molecule has 0 aliphatic heterocycles. The molecule has 92 valence electrons. The number of anilines is 2. The summed E-state index contributed by atoms with van der Waals surface area (Å²) in [7, 11) is 0. The second-order valence-corrected chi connectivity index (χ2v) is 4.25. The van der Waals surface area contributed by atoms with Gasteiger partial charge in [0.05, 0.1) is 0 Å². The molecular formula is C11H8F2N4S. The molecule has 7 heteroatoms. The summed E-state index contributed by atoms with van der Waals surface area (Å²) in [6.07, 6.45) is 0. The second-order valence-electron chi connectivity index (χ2n) is 3.47. The highest BCUT2D eigenvalue weighted by atomic mass is 32.1. The lowest BCUT2D eigenvalue weighted by molar-refractivity contribution is 0.574. The molecule has 1 aromatic carbocycles. The van der Waals surface area contributed by atoms with E-state index in [4.69, 9.17) is 11.0 Å². The quantitative estimate of drug-likeness (QED) is 0.895. The van der Waals surface area contributed by atoms with Crippen molar-refractivity contribution in [1.29, 1.82) is 5.26 Å². The molecule has 3 N–H and O–H groups in total. The van der Waals surface area contributed by atoms with Gasteiger partial charge in [0.25, 0.3) is 0 Å². The van der Waals surface area contributed by atoms with Crippen LogP contribution in [0, 0.1) is 23.0 Å². The molecule has 0 aliphatic carbocycles. The first-order valence-corrected chi connectivity index (χ1v) is 5.72. The predicted octanol–water partition coefficient (Wildman–Crippen LogP) is 2.49. The summed E-state index contributed by atoms with van der Waals surface area (Å²) in [5.41, 5.74) is 6.02. The number of halogens is 2. The van der Waals surface area contributed by atoms with E-state index in [9.17, 15) is 8.78 Å². The number of nitrogen functional groups attached to an aromatic ring is 1. The van der Waals surface area contributed by atoms with Crippen LogP contribution in [-0.4, -0.2) is 4.37 Å². The molecule has 0 saturated carbocycles. The maximum Gasteiger partial charge on any atom is 0.157 e. The van der Waals surface area contributed by atoms with Crippen molar-refractivity contribution in [2.45, 2.75) is 6.54 Å². The van der Waals surface area contributed by atoms with Crippen LogP contribution >= 0.6 is 11.5 Å². The summed E-state index contributed by atoms with van der Waals surface area (Å²) in [6, 6.07) is 5.23. The monoisotopic (exact) mass is 266 g/mol. The van der Waals surface area contributed by atoms with E-state index in [2.05, 4.69) is 9.69 Å². The fraction of sp³-hybridized carbons (Fsp3) is 0.0909. The van der Waals surface area contributed by atoms with Crippen molar-refractivity contribution < 1.29 is 8.78 Å². The van der Waals surface area contributed by atoms with Gasteiger partial charge in [0.15, 0.2) is 5.82 Å². The number of rotatable bonds is 3. The number of nitrogens with one attached hydrogen (secondary N) is 1. The number of hydrogen-bond acceptors (Lipinski definition) is 5. The highest BCUT2D eigenvalue weighted by Gasteiger charge is 2.11. The highest BCUT2D eigenvalue weighted by Crippen LogP contribution is 2.26. The van der Waals surface area contributed by atoms with E-state index >= 15 is 0 Å². The molecular weight excluding hydrogens is 258 g/mol. The normalized spacial score (nSPS) is 10.1. The van der Waals surface area contributed by atoms with E-state index in [0.29, 0.717) is 10.6 Å². The molecule has 0 atom stereocenters. The summed E-state index contributed by atoms with van der Waals surface area (Å²) in [6.45, 7) is 0.127. The number of aromatic nitrogens is 1. The maximum absolute atomic E-state index is 13.4. The lowest BCUT2D eigenvalue weighted by Crippen LogP contribution is -2.02. The maximum atomic E-state index is 13.4. The van der Waals surface area contributed by atoms with Crippen molar-refractivity contribution in [3.63, 3.8) is 0 Å². The smallest absolute Gasteiger partial charge is 0.157 e. The number of benzene rings is 1. The van der Waals surface area contributed by atoms with Gasteiger partial charge in [-0.1, -0.05) is 6.07 Å². The number of nitriles is 1. The third-order valence-electron chi connectivity index (χ3n) is 2.28. The van der Waals surface area contributed by atoms with Crippen molar-refractivity contribution in [2.75, 3.05) is 11.1 Å². The summed E-state index contributed by atoms with van der Waals surface area (Å²) in [5, 5.41) is 12.2. The van der Waals surface area contributed by atoms with Gasteiger partial charge >= 0.3 is 0 Å². The third kappa shape index (κ3) is 2.38. The van der Waals surface area contributed by atoms with Crippen molar-refractivity contribution in [3.05, 3.63) is 41.0 Å². The molecule has 0 saturated heterocycles. The summed E-state index contributed by atoms with van der Waals surface area (Å²) >= 11 is 1.02. The van der Waals surface area contributed by atoms with E-state index in [1.165, 1.54) is 12.1 Å². The Morgan fingerprint density at radius 2 is 2.22 bits per heavy atom. The zero-order valence-corrected chi connectivity index (χ0v) is 9.89. The second kappa shape index (κ2) is 4.98. The summed E-state index contributed by atoms with van der Waals surface area (Å²) in [4.78, 5) is 0. The first kappa shape index (κ1) is 12.3. The van der Waals surface area contributed by atoms with Gasteiger partial charge in [0.1, 0.15) is 28.3 Å². The van der Waals surface area contributed by atoms with Crippen LogP contribution in [-0.2, 0) is 6.54 Å².